The van der Waals surface area contributed by atoms with Crippen molar-refractivity contribution in [2.24, 2.45) is 0 Å². The standard InChI is InChI=1S/C25H16F6N6O3S/c26-12-2-1-9(15-11(8-32)21(33)41-19(12)15)16-13(27)7-10-18-17(16)20(28)35-37(18)5-3-14-22(40-24(39)25(29,30)31)34-4-6-36(14)23(10)38/h1-2,7,14,22,34H,3-6,33H2. The van der Waals surface area contributed by atoms with Crippen LogP contribution in [-0.4, -0.2) is 58.1 Å². The fourth-order valence-electron chi connectivity index (χ4n) is 5.48. The Bertz CT molecular complexity index is 1830. The van der Waals surface area contributed by atoms with Gasteiger partial charge in [-0.2, -0.15) is 22.8 Å². The Morgan fingerprint density at radius 1 is 1.17 bits per heavy atom. The van der Waals surface area contributed by atoms with Gasteiger partial charge in [-0.3, -0.25) is 14.8 Å². The summed E-state index contributed by atoms with van der Waals surface area (Å²) in [4.78, 5) is 26.4. The molecule has 0 bridgehead atoms. The molecular weight excluding hydrogens is 578 g/mol. The summed E-state index contributed by atoms with van der Waals surface area (Å²) < 4.78 is 90.4. The molecule has 4 aromatic rings. The number of benzene rings is 2. The number of aryl methyl sites for hydroxylation is 1. The zero-order valence-electron chi connectivity index (χ0n) is 20.5. The zero-order chi connectivity index (χ0) is 29.4. The van der Waals surface area contributed by atoms with Crippen LogP contribution in [0.4, 0.5) is 31.3 Å². The second kappa shape index (κ2) is 9.35. The van der Waals surface area contributed by atoms with E-state index in [1.165, 1.54) is 6.07 Å². The quantitative estimate of drug-likeness (QED) is 0.265. The van der Waals surface area contributed by atoms with E-state index in [9.17, 15) is 32.4 Å². The SMILES string of the molecule is N#Cc1c(N)sc2c(F)ccc(-c3c(F)cc4c5c3c(F)nn5CCC3C(OC(=O)C(F)(F)F)NCCN3C4=O)c12. The number of rotatable bonds is 2. The lowest BCUT2D eigenvalue weighted by Crippen LogP contribution is -2.62. The predicted octanol–water partition coefficient (Wildman–Crippen LogP) is 4.04. The lowest BCUT2D eigenvalue weighted by Gasteiger charge is -2.42. The first-order chi connectivity index (χ1) is 19.4. The topological polar surface area (TPSA) is 126 Å². The van der Waals surface area contributed by atoms with Gasteiger partial charge in [-0.15, -0.1) is 16.4 Å². The van der Waals surface area contributed by atoms with Crippen LogP contribution in [0, 0.1) is 28.9 Å². The second-order valence-electron chi connectivity index (χ2n) is 9.40. The summed E-state index contributed by atoms with van der Waals surface area (Å²) in [5.41, 5.74) is 4.95. The maximum absolute atomic E-state index is 16.0. The first-order valence-electron chi connectivity index (χ1n) is 12.0. The highest BCUT2D eigenvalue weighted by atomic mass is 32.1. The van der Waals surface area contributed by atoms with E-state index in [-0.39, 0.29) is 68.9 Å². The molecule has 1 fully saturated rings. The van der Waals surface area contributed by atoms with Gasteiger partial charge < -0.3 is 15.4 Å². The molecular formula is C25H16F6N6O3S. The van der Waals surface area contributed by atoms with Crippen LogP contribution < -0.4 is 11.1 Å². The van der Waals surface area contributed by atoms with Gasteiger partial charge in [0.2, 0.25) is 5.95 Å². The van der Waals surface area contributed by atoms with Crippen molar-refractivity contribution in [2.45, 2.75) is 31.4 Å². The monoisotopic (exact) mass is 594 g/mol. The second-order valence-corrected chi connectivity index (χ2v) is 10.5. The molecule has 41 heavy (non-hydrogen) atoms. The van der Waals surface area contributed by atoms with E-state index in [4.69, 9.17) is 5.73 Å². The minimum Gasteiger partial charge on any atom is -0.438 e. The van der Waals surface area contributed by atoms with Crippen molar-refractivity contribution in [1.82, 2.24) is 20.0 Å². The number of alkyl halides is 3. The summed E-state index contributed by atoms with van der Waals surface area (Å²) in [6.45, 7) is -0.217. The average molecular weight is 594 g/mol. The number of carbonyl (C=O) groups excluding carboxylic acids is 2. The number of hydrogen-bond donors (Lipinski definition) is 2. The summed E-state index contributed by atoms with van der Waals surface area (Å²) in [6.07, 6.45) is -6.91. The molecule has 1 saturated heterocycles. The number of nitrogens with zero attached hydrogens (tertiary/aromatic N) is 4. The fourth-order valence-corrected chi connectivity index (χ4v) is 6.42. The van der Waals surface area contributed by atoms with Crippen molar-refractivity contribution in [3.63, 3.8) is 0 Å². The zero-order valence-corrected chi connectivity index (χ0v) is 21.3. The number of nitrogens with two attached hydrogens (primary N) is 1. The van der Waals surface area contributed by atoms with Crippen LogP contribution in [0.3, 0.4) is 0 Å². The summed E-state index contributed by atoms with van der Waals surface area (Å²) in [5, 5.41) is 15.7. The van der Waals surface area contributed by atoms with Gasteiger partial charge in [-0.1, -0.05) is 6.07 Å². The summed E-state index contributed by atoms with van der Waals surface area (Å²) >= 11 is 0.773. The number of piperazine rings is 1. The van der Waals surface area contributed by atoms with E-state index < -0.39 is 53.3 Å². The third-order valence-corrected chi connectivity index (χ3v) is 8.19. The molecule has 212 valence electrons. The van der Waals surface area contributed by atoms with Gasteiger partial charge in [0.25, 0.3) is 5.91 Å². The Morgan fingerprint density at radius 2 is 1.93 bits per heavy atom. The average Bonchev–Trinajstić information content (AvgIpc) is 3.43. The van der Waals surface area contributed by atoms with Crippen LogP contribution in [0.15, 0.2) is 18.2 Å². The maximum Gasteiger partial charge on any atom is 0.490 e. The van der Waals surface area contributed by atoms with Crippen molar-refractivity contribution in [2.75, 3.05) is 18.8 Å². The van der Waals surface area contributed by atoms with Gasteiger partial charge in [0, 0.05) is 30.6 Å². The smallest absolute Gasteiger partial charge is 0.438 e. The molecule has 4 heterocycles. The van der Waals surface area contributed by atoms with E-state index in [2.05, 4.69) is 15.2 Å². The molecule has 2 aliphatic rings. The van der Waals surface area contributed by atoms with Crippen LogP contribution in [0.25, 0.3) is 32.1 Å². The van der Waals surface area contributed by atoms with Crippen LogP contribution in [0.5, 0.6) is 0 Å². The van der Waals surface area contributed by atoms with Crippen molar-refractivity contribution >= 4 is 49.2 Å². The van der Waals surface area contributed by atoms with E-state index >= 15 is 8.78 Å². The van der Waals surface area contributed by atoms with Gasteiger partial charge in [-0.25, -0.2) is 13.6 Å². The number of nitrogens with one attached hydrogen (secondary N) is 1. The predicted molar refractivity (Wildman–Crippen MR) is 133 cm³/mol. The number of carbonyl (C=O) groups is 2. The highest BCUT2D eigenvalue weighted by Gasteiger charge is 2.46. The van der Waals surface area contributed by atoms with Gasteiger partial charge in [0.05, 0.1) is 32.8 Å². The van der Waals surface area contributed by atoms with Gasteiger partial charge in [0.1, 0.15) is 22.7 Å². The molecule has 2 aliphatic heterocycles. The molecule has 1 amide bonds. The minimum atomic E-state index is -5.27. The molecule has 2 aromatic carbocycles. The molecule has 0 aliphatic carbocycles. The third kappa shape index (κ3) is 4.06. The van der Waals surface area contributed by atoms with Crippen LogP contribution in [-0.2, 0) is 16.1 Å². The van der Waals surface area contributed by atoms with E-state index in [0.29, 0.717) is 0 Å². The largest absolute Gasteiger partial charge is 0.490 e. The van der Waals surface area contributed by atoms with Gasteiger partial charge in [0.15, 0.2) is 6.23 Å². The highest BCUT2D eigenvalue weighted by Crippen LogP contribution is 2.45. The Labute approximate surface area is 229 Å². The molecule has 0 saturated carbocycles. The number of halogens is 6. The van der Waals surface area contributed by atoms with Crippen molar-refractivity contribution < 1.29 is 40.7 Å². The third-order valence-electron chi connectivity index (χ3n) is 7.17. The van der Waals surface area contributed by atoms with Crippen LogP contribution in [0.2, 0.25) is 0 Å². The van der Waals surface area contributed by atoms with Gasteiger partial charge in [-0.05, 0) is 24.1 Å². The first-order valence-corrected chi connectivity index (χ1v) is 12.9. The maximum atomic E-state index is 16.0. The van der Waals surface area contributed by atoms with Crippen LogP contribution >= 0.6 is 11.3 Å². The molecule has 3 N–H and O–H groups in total. The lowest BCUT2D eigenvalue weighted by atomic mass is 9.93. The summed E-state index contributed by atoms with van der Waals surface area (Å²) in [7, 11) is 0. The highest BCUT2D eigenvalue weighted by molar-refractivity contribution is 7.23. The normalized spacial score (nSPS) is 19.1. The number of nitrogen functional groups attached to an aromatic ring is 1. The molecule has 6 rings (SSSR count). The molecule has 2 atom stereocenters. The Kier molecular flexibility index (Phi) is 6.12. The Morgan fingerprint density at radius 3 is 2.63 bits per heavy atom. The minimum absolute atomic E-state index is 0.0200. The van der Waals surface area contributed by atoms with Crippen LogP contribution in [0.1, 0.15) is 22.3 Å². The Balaban J connectivity index is 1.53. The number of ether oxygens (including phenoxy) is 1. The van der Waals surface area contributed by atoms with E-state index in [1.807, 2.05) is 6.07 Å². The number of hydrogen-bond acceptors (Lipinski definition) is 8. The molecule has 2 unspecified atom stereocenters. The van der Waals surface area contributed by atoms with Crippen molar-refractivity contribution in [1.29, 1.82) is 5.26 Å². The molecule has 9 nitrogen and oxygen atoms in total. The molecule has 0 radical (unpaired) electrons. The van der Waals surface area contributed by atoms with Gasteiger partial charge >= 0.3 is 12.1 Å². The number of anilines is 1. The van der Waals surface area contributed by atoms with E-state index in [0.717, 1.165) is 33.1 Å². The fraction of sp³-hybridized carbons (Fsp3) is 0.280. The molecule has 2 aromatic heterocycles. The number of amides is 1. The molecule has 16 heteroatoms. The summed E-state index contributed by atoms with van der Waals surface area (Å²) in [5.74, 6) is -6.27. The number of thiophene rings is 1. The Hall–Kier alpha value is -4.36. The van der Waals surface area contributed by atoms with Crippen molar-refractivity contribution in [3.8, 4) is 17.2 Å². The molecule has 0 spiro atoms. The summed E-state index contributed by atoms with van der Waals surface area (Å²) in [6, 6.07) is 3.81. The number of fused-ring (bicyclic) bond motifs is 2. The number of esters is 1. The van der Waals surface area contributed by atoms with E-state index in [1.54, 1.807) is 0 Å². The first kappa shape index (κ1) is 26.8. The lowest BCUT2D eigenvalue weighted by molar-refractivity contribution is -0.210. The number of nitriles is 1. The number of aromatic nitrogens is 2. The van der Waals surface area contributed by atoms with Crippen molar-refractivity contribution in [3.05, 3.63) is 46.9 Å².